The van der Waals surface area contributed by atoms with Gasteiger partial charge in [0.25, 0.3) is 0 Å². The number of ether oxygens (including phenoxy) is 2. The molecule has 0 spiro atoms. The second-order valence-corrected chi connectivity index (χ2v) is 4.72. The summed E-state index contributed by atoms with van der Waals surface area (Å²) in [5.74, 6) is 0.894. The maximum absolute atomic E-state index is 13.8. The standard InChI is InChI=1S/C17H19FO3/c1-3-11-20-14-8-4-5-9-15(14)21-16-10-6-7-13(18)17(16)12(2)19/h4-10,12,19H,3,11H2,1-2H3/t12-/m0/s1. The number of rotatable bonds is 6. The zero-order valence-electron chi connectivity index (χ0n) is 12.2. The molecule has 0 fully saturated rings. The molecule has 112 valence electrons. The van der Waals surface area contributed by atoms with Crippen LogP contribution in [0.5, 0.6) is 17.2 Å². The van der Waals surface area contributed by atoms with E-state index >= 15 is 0 Å². The van der Waals surface area contributed by atoms with Gasteiger partial charge in [0.15, 0.2) is 11.5 Å². The first-order valence-corrected chi connectivity index (χ1v) is 6.99. The van der Waals surface area contributed by atoms with Crippen LogP contribution in [0.3, 0.4) is 0 Å². The normalized spacial score (nSPS) is 12.0. The summed E-state index contributed by atoms with van der Waals surface area (Å²) in [6.45, 7) is 4.10. The smallest absolute Gasteiger partial charge is 0.169 e. The molecule has 0 aliphatic heterocycles. The van der Waals surface area contributed by atoms with Crippen molar-refractivity contribution < 1.29 is 19.0 Å². The summed E-state index contributed by atoms with van der Waals surface area (Å²) in [7, 11) is 0. The first-order valence-electron chi connectivity index (χ1n) is 6.99. The number of para-hydroxylation sites is 2. The van der Waals surface area contributed by atoms with Crippen molar-refractivity contribution in [3.63, 3.8) is 0 Å². The van der Waals surface area contributed by atoms with Gasteiger partial charge in [0.2, 0.25) is 0 Å². The first kappa shape index (κ1) is 15.3. The van der Waals surface area contributed by atoms with Crippen LogP contribution in [-0.4, -0.2) is 11.7 Å². The van der Waals surface area contributed by atoms with Gasteiger partial charge in [-0.2, -0.15) is 0 Å². The molecular weight excluding hydrogens is 271 g/mol. The van der Waals surface area contributed by atoms with E-state index in [1.807, 2.05) is 19.1 Å². The third-order valence-corrected chi connectivity index (χ3v) is 2.96. The fourth-order valence-electron chi connectivity index (χ4n) is 2.00. The quantitative estimate of drug-likeness (QED) is 0.853. The highest BCUT2D eigenvalue weighted by molar-refractivity contribution is 5.45. The van der Waals surface area contributed by atoms with Crippen molar-refractivity contribution in [3.05, 3.63) is 53.8 Å². The minimum atomic E-state index is -0.954. The fourth-order valence-corrected chi connectivity index (χ4v) is 2.00. The van der Waals surface area contributed by atoms with Crippen LogP contribution in [-0.2, 0) is 0 Å². The lowest BCUT2D eigenvalue weighted by Gasteiger charge is -2.16. The molecule has 4 heteroatoms. The van der Waals surface area contributed by atoms with E-state index in [4.69, 9.17) is 9.47 Å². The van der Waals surface area contributed by atoms with Crippen molar-refractivity contribution in [1.82, 2.24) is 0 Å². The average Bonchev–Trinajstić information content (AvgIpc) is 2.46. The zero-order chi connectivity index (χ0) is 15.2. The molecule has 3 nitrogen and oxygen atoms in total. The summed E-state index contributed by atoms with van der Waals surface area (Å²) in [6, 6.07) is 11.7. The highest BCUT2D eigenvalue weighted by Gasteiger charge is 2.16. The van der Waals surface area contributed by atoms with Gasteiger partial charge < -0.3 is 14.6 Å². The largest absolute Gasteiger partial charge is 0.490 e. The molecule has 2 aromatic rings. The molecule has 0 bridgehead atoms. The van der Waals surface area contributed by atoms with E-state index in [2.05, 4.69) is 0 Å². The predicted octanol–water partition coefficient (Wildman–Crippen LogP) is 4.46. The Morgan fingerprint density at radius 3 is 2.38 bits per heavy atom. The highest BCUT2D eigenvalue weighted by atomic mass is 19.1. The van der Waals surface area contributed by atoms with E-state index in [-0.39, 0.29) is 11.3 Å². The monoisotopic (exact) mass is 290 g/mol. The van der Waals surface area contributed by atoms with E-state index < -0.39 is 11.9 Å². The van der Waals surface area contributed by atoms with Crippen LogP contribution in [0.2, 0.25) is 0 Å². The average molecular weight is 290 g/mol. The number of hydrogen-bond donors (Lipinski definition) is 1. The van der Waals surface area contributed by atoms with E-state index in [1.54, 1.807) is 24.3 Å². The van der Waals surface area contributed by atoms with Gasteiger partial charge in [0.1, 0.15) is 11.6 Å². The zero-order valence-corrected chi connectivity index (χ0v) is 12.2. The van der Waals surface area contributed by atoms with Gasteiger partial charge in [-0.1, -0.05) is 25.1 Å². The van der Waals surface area contributed by atoms with E-state index in [1.165, 1.54) is 13.0 Å². The van der Waals surface area contributed by atoms with Gasteiger partial charge >= 0.3 is 0 Å². The molecule has 1 atom stereocenters. The highest BCUT2D eigenvalue weighted by Crippen LogP contribution is 2.36. The SMILES string of the molecule is CCCOc1ccccc1Oc1cccc(F)c1[C@H](C)O. The number of benzene rings is 2. The molecule has 0 amide bonds. The number of halogens is 1. The Morgan fingerprint density at radius 2 is 1.71 bits per heavy atom. The molecule has 0 heterocycles. The Morgan fingerprint density at radius 1 is 1.05 bits per heavy atom. The summed E-state index contributed by atoms with van der Waals surface area (Å²) in [5.41, 5.74) is 0.141. The molecule has 0 saturated carbocycles. The van der Waals surface area contributed by atoms with E-state index in [0.717, 1.165) is 6.42 Å². The summed E-state index contributed by atoms with van der Waals surface area (Å²) >= 11 is 0. The molecule has 0 radical (unpaired) electrons. The molecule has 0 saturated heterocycles. The van der Waals surface area contributed by atoms with Crippen molar-refractivity contribution in [2.75, 3.05) is 6.61 Å². The summed E-state index contributed by atoms with van der Waals surface area (Å²) in [4.78, 5) is 0. The van der Waals surface area contributed by atoms with Crippen LogP contribution >= 0.6 is 0 Å². The van der Waals surface area contributed by atoms with Crippen molar-refractivity contribution in [1.29, 1.82) is 0 Å². The Kier molecular flexibility index (Phi) is 5.17. The molecule has 1 N–H and O–H groups in total. The molecule has 21 heavy (non-hydrogen) atoms. The van der Waals surface area contributed by atoms with Crippen LogP contribution in [0, 0.1) is 5.82 Å². The number of aliphatic hydroxyl groups is 1. The van der Waals surface area contributed by atoms with Crippen LogP contribution < -0.4 is 9.47 Å². The second-order valence-electron chi connectivity index (χ2n) is 4.72. The van der Waals surface area contributed by atoms with Gasteiger partial charge in [0, 0.05) is 0 Å². The Bertz CT molecular complexity index is 596. The maximum Gasteiger partial charge on any atom is 0.169 e. The molecule has 2 aromatic carbocycles. The van der Waals surface area contributed by atoms with E-state index in [0.29, 0.717) is 18.1 Å². The molecule has 0 unspecified atom stereocenters. The number of aliphatic hydroxyl groups excluding tert-OH is 1. The summed E-state index contributed by atoms with van der Waals surface area (Å²) < 4.78 is 25.2. The third-order valence-electron chi connectivity index (χ3n) is 2.96. The predicted molar refractivity (Wildman–Crippen MR) is 79.3 cm³/mol. The van der Waals surface area contributed by atoms with Crippen LogP contribution in [0.15, 0.2) is 42.5 Å². The van der Waals surface area contributed by atoms with Crippen molar-refractivity contribution >= 4 is 0 Å². The minimum Gasteiger partial charge on any atom is -0.490 e. The fraction of sp³-hybridized carbons (Fsp3) is 0.294. The Balaban J connectivity index is 2.32. The van der Waals surface area contributed by atoms with Crippen LogP contribution in [0.1, 0.15) is 31.9 Å². The molecule has 0 aliphatic rings. The lowest BCUT2D eigenvalue weighted by atomic mass is 10.1. The lowest BCUT2D eigenvalue weighted by Crippen LogP contribution is -2.01. The van der Waals surface area contributed by atoms with E-state index in [9.17, 15) is 9.50 Å². The van der Waals surface area contributed by atoms with Gasteiger partial charge in [-0.05, 0) is 37.6 Å². The summed E-state index contributed by atoms with van der Waals surface area (Å²) in [6.07, 6.45) is -0.0716. The van der Waals surface area contributed by atoms with Gasteiger partial charge in [-0.3, -0.25) is 0 Å². The minimum absolute atomic E-state index is 0.141. The van der Waals surface area contributed by atoms with Crippen molar-refractivity contribution in [2.24, 2.45) is 0 Å². The van der Waals surface area contributed by atoms with Crippen molar-refractivity contribution in [2.45, 2.75) is 26.4 Å². The summed E-state index contributed by atoms with van der Waals surface area (Å²) in [5, 5.41) is 9.72. The van der Waals surface area contributed by atoms with Gasteiger partial charge in [0.05, 0.1) is 18.3 Å². The molecule has 0 aromatic heterocycles. The second kappa shape index (κ2) is 7.09. The van der Waals surface area contributed by atoms with Crippen LogP contribution in [0.25, 0.3) is 0 Å². The molecule has 2 rings (SSSR count). The topological polar surface area (TPSA) is 38.7 Å². The van der Waals surface area contributed by atoms with Gasteiger partial charge in [-0.25, -0.2) is 4.39 Å². The van der Waals surface area contributed by atoms with Gasteiger partial charge in [-0.15, -0.1) is 0 Å². The molecule has 0 aliphatic carbocycles. The van der Waals surface area contributed by atoms with Crippen LogP contribution in [0.4, 0.5) is 4.39 Å². The lowest BCUT2D eigenvalue weighted by molar-refractivity contribution is 0.190. The Labute approximate surface area is 124 Å². The third kappa shape index (κ3) is 3.73. The number of hydrogen-bond acceptors (Lipinski definition) is 3. The van der Waals surface area contributed by atoms with Crippen molar-refractivity contribution in [3.8, 4) is 17.2 Å². The molecular formula is C17H19FO3. The maximum atomic E-state index is 13.8. The Hall–Kier alpha value is -2.07. The first-order chi connectivity index (χ1) is 10.1.